The molecule has 0 aromatic carbocycles. The largest absolute Gasteiger partial charge is 0.469 e. The first-order chi connectivity index (χ1) is 10.2. The zero-order valence-corrected chi connectivity index (χ0v) is 13.8. The van der Waals surface area contributed by atoms with Crippen molar-refractivity contribution in [2.24, 2.45) is 5.92 Å². The molecule has 0 amide bonds. The fraction of sp³-hybridized carbons (Fsp3) is 0.941. The highest BCUT2D eigenvalue weighted by atomic mass is 16.5. The summed E-state index contributed by atoms with van der Waals surface area (Å²) in [7, 11) is 1.48. The van der Waals surface area contributed by atoms with Gasteiger partial charge in [-0.05, 0) is 31.6 Å². The average Bonchev–Trinajstić information content (AvgIpc) is 2.98. The second kappa shape index (κ2) is 8.74. The minimum absolute atomic E-state index is 0.0899. The number of hydrogen-bond acceptors (Lipinski definition) is 4. The first-order valence-corrected chi connectivity index (χ1v) is 8.76. The van der Waals surface area contributed by atoms with Crippen molar-refractivity contribution in [2.75, 3.05) is 26.7 Å². The van der Waals surface area contributed by atoms with Crippen molar-refractivity contribution < 1.29 is 9.53 Å². The zero-order valence-electron chi connectivity index (χ0n) is 13.8. The summed E-state index contributed by atoms with van der Waals surface area (Å²) in [5, 5.41) is 3.88. The Hall–Kier alpha value is -0.610. The van der Waals surface area contributed by atoms with E-state index in [-0.39, 0.29) is 5.97 Å². The molecule has 2 unspecified atom stereocenters. The molecule has 2 fully saturated rings. The van der Waals surface area contributed by atoms with E-state index in [1.54, 1.807) is 0 Å². The summed E-state index contributed by atoms with van der Waals surface area (Å²) in [6.07, 6.45) is 9.84. The predicted octanol–water partition coefficient (Wildman–Crippen LogP) is 2.57. The Morgan fingerprint density at radius 2 is 2.00 bits per heavy atom. The van der Waals surface area contributed by atoms with Gasteiger partial charge in [0.05, 0.1) is 13.5 Å². The van der Waals surface area contributed by atoms with Crippen LogP contribution in [0.15, 0.2) is 0 Å². The molecule has 1 heterocycles. The molecule has 0 aromatic rings. The number of carbonyl (C=O) groups is 1. The van der Waals surface area contributed by atoms with E-state index in [0.29, 0.717) is 12.5 Å². The van der Waals surface area contributed by atoms with Gasteiger partial charge in [-0.25, -0.2) is 0 Å². The van der Waals surface area contributed by atoms with Gasteiger partial charge in [-0.3, -0.25) is 4.79 Å². The van der Waals surface area contributed by atoms with Crippen molar-refractivity contribution in [3.8, 4) is 0 Å². The summed E-state index contributed by atoms with van der Waals surface area (Å²) in [5.74, 6) is 0.688. The maximum atomic E-state index is 11.4. The van der Waals surface area contributed by atoms with E-state index < -0.39 is 0 Å². The van der Waals surface area contributed by atoms with E-state index in [1.807, 2.05) is 0 Å². The fourth-order valence-electron chi connectivity index (χ4n) is 4.00. The summed E-state index contributed by atoms with van der Waals surface area (Å²) < 4.78 is 4.77. The lowest BCUT2D eigenvalue weighted by Crippen LogP contribution is -2.51. The van der Waals surface area contributed by atoms with Crippen molar-refractivity contribution in [1.29, 1.82) is 0 Å². The Labute approximate surface area is 129 Å². The molecule has 1 aliphatic heterocycles. The molecular weight excluding hydrogens is 264 g/mol. The Bertz CT molecular complexity index is 316. The lowest BCUT2D eigenvalue weighted by Gasteiger charge is -2.39. The van der Waals surface area contributed by atoms with Crippen LogP contribution in [0.2, 0.25) is 0 Å². The molecule has 0 aromatic heterocycles. The van der Waals surface area contributed by atoms with Crippen LogP contribution < -0.4 is 5.32 Å². The van der Waals surface area contributed by atoms with Crippen molar-refractivity contribution in [3.05, 3.63) is 0 Å². The Morgan fingerprint density at radius 3 is 2.67 bits per heavy atom. The monoisotopic (exact) mass is 296 g/mol. The minimum Gasteiger partial charge on any atom is -0.469 e. The van der Waals surface area contributed by atoms with E-state index in [2.05, 4.69) is 17.1 Å². The molecule has 1 saturated carbocycles. The van der Waals surface area contributed by atoms with Gasteiger partial charge in [-0.15, -0.1) is 0 Å². The van der Waals surface area contributed by atoms with Gasteiger partial charge in [-0.1, -0.05) is 26.2 Å². The quantitative estimate of drug-likeness (QED) is 0.733. The van der Waals surface area contributed by atoms with Crippen LogP contribution in [0.3, 0.4) is 0 Å². The summed E-state index contributed by atoms with van der Waals surface area (Å²) in [6, 6.07) is 1.34. The van der Waals surface area contributed by atoms with Gasteiger partial charge in [0.15, 0.2) is 0 Å². The highest BCUT2D eigenvalue weighted by molar-refractivity contribution is 5.69. The van der Waals surface area contributed by atoms with Crippen LogP contribution in [0, 0.1) is 5.92 Å². The minimum atomic E-state index is -0.0899. The molecule has 0 radical (unpaired) electrons. The Balaban J connectivity index is 1.83. The number of esters is 1. The molecule has 0 bridgehead atoms. The van der Waals surface area contributed by atoms with Crippen LogP contribution in [0.25, 0.3) is 0 Å². The average molecular weight is 296 g/mol. The van der Waals surface area contributed by atoms with E-state index in [1.165, 1.54) is 52.1 Å². The lowest BCUT2D eigenvalue weighted by molar-refractivity contribution is -0.141. The molecule has 1 N–H and O–H groups in total. The number of rotatable bonds is 7. The van der Waals surface area contributed by atoms with Crippen molar-refractivity contribution in [1.82, 2.24) is 10.2 Å². The van der Waals surface area contributed by atoms with E-state index in [9.17, 15) is 4.79 Å². The number of piperidine rings is 1. The number of nitrogens with zero attached hydrogens (tertiary/aromatic N) is 1. The molecular formula is C17H32N2O2. The molecule has 4 heteroatoms. The van der Waals surface area contributed by atoms with E-state index >= 15 is 0 Å². The van der Waals surface area contributed by atoms with Crippen LogP contribution >= 0.6 is 0 Å². The second-order valence-electron chi connectivity index (χ2n) is 6.82. The summed E-state index contributed by atoms with van der Waals surface area (Å²) in [5.41, 5.74) is 0. The van der Waals surface area contributed by atoms with Gasteiger partial charge >= 0.3 is 5.97 Å². The third kappa shape index (κ3) is 5.59. The van der Waals surface area contributed by atoms with Crippen LogP contribution in [0.4, 0.5) is 0 Å². The maximum Gasteiger partial charge on any atom is 0.306 e. The number of methoxy groups -OCH3 is 1. The summed E-state index contributed by atoms with van der Waals surface area (Å²) >= 11 is 0. The highest BCUT2D eigenvalue weighted by Gasteiger charge is 2.29. The van der Waals surface area contributed by atoms with Crippen LogP contribution in [0.1, 0.15) is 58.3 Å². The summed E-state index contributed by atoms with van der Waals surface area (Å²) in [4.78, 5) is 13.8. The molecule has 1 saturated heterocycles. The molecule has 4 nitrogen and oxygen atoms in total. The number of ether oxygens (including phenoxy) is 1. The third-order valence-corrected chi connectivity index (χ3v) is 5.00. The fourth-order valence-corrected chi connectivity index (χ4v) is 4.00. The smallest absolute Gasteiger partial charge is 0.306 e. The normalized spacial score (nSPS) is 27.9. The SMILES string of the molecule is CCCC1CC(NC2CCCC2)CN(CCC(=O)OC)C1. The molecule has 122 valence electrons. The molecule has 2 atom stereocenters. The van der Waals surface area contributed by atoms with Gasteiger partial charge in [0, 0.05) is 31.7 Å². The molecule has 0 spiro atoms. The van der Waals surface area contributed by atoms with Crippen molar-refractivity contribution in [3.63, 3.8) is 0 Å². The molecule has 2 rings (SSSR count). The Morgan fingerprint density at radius 1 is 1.24 bits per heavy atom. The molecule has 2 aliphatic rings. The van der Waals surface area contributed by atoms with Gasteiger partial charge in [0.1, 0.15) is 0 Å². The standard InChI is InChI=1S/C17H32N2O2/c1-3-6-14-11-16(18-15-7-4-5-8-15)13-19(12-14)10-9-17(20)21-2/h14-16,18H,3-13H2,1-2H3. The van der Waals surface area contributed by atoms with Crippen LogP contribution in [-0.4, -0.2) is 49.7 Å². The van der Waals surface area contributed by atoms with Crippen LogP contribution in [-0.2, 0) is 9.53 Å². The highest BCUT2D eigenvalue weighted by Crippen LogP contribution is 2.24. The van der Waals surface area contributed by atoms with E-state index in [4.69, 9.17) is 4.74 Å². The zero-order chi connectivity index (χ0) is 15.1. The van der Waals surface area contributed by atoms with Crippen LogP contribution in [0.5, 0.6) is 0 Å². The predicted molar refractivity (Wildman–Crippen MR) is 85.3 cm³/mol. The molecule has 1 aliphatic carbocycles. The lowest BCUT2D eigenvalue weighted by atomic mass is 9.90. The van der Waals surface area contributed by atoms with Gasteiger partial charge in [0.25, 0.3) is 0 Å². The topological polar surface area (TPSA) is 41.6 Å². The maximum absolute atomic E-state index is 11.4. The van der Waals surface area contributed by atoms with Crippen molar-refractivity contribution in [2.45, 2.75) is 70.4 Å². The Kier molecular flexibility index (Phi) is 6.97. The third-order valence-electron chi connectivity index (χ3n) is 5.00. The first kappa shape index (κ1) is 16.8. The number of carbonyl (C=O) groups excluding carboxylic acids is 1. The molecule has 21 heavy (non-hydrogen) atoms. The number of hydrogen-bond donors (Lipinski definition) is 1. The van der Waals surface area contributed by atoms with Gasteiger partial charge < -0.3 is 15.0 Å². The number of likely N-dealkylation sites (tertiary alicyclic amines) is 1. The number of nitrogens with one attached hydrogen (secondary N) is 1. The first-order valence-electron chi connectivity index (χ1n) is 8.76. The van der Waals surface area contributed by atoms with E-state index in [0.717, 1.165) is 31.6 Å². The van der Waals surface area contributed by atoms with Crippen molar-refractivity contribution >= 4 is 5.97 Å². The van der Waals surface area contributed by atoms with Gasteiger partial charge in [-0.2, -0.15) is 0 Å². The van der Waals surface area contributed by atoms with Gasteiger partial charge in [0.2, 0.25) is 0 Å². The second-order valence-corrected chi connectivity index (χ2v) is 6.82. The summed E-state index contributed by atoms with van der Waals surface area (Å²) in [6.45, 7) is 5.35.